The lowest BCUT2D eigenvalue weighted by Crippen LogP contribution is -2.49. The summed E-state index contributed by atoms with van der Waals surface area (Å²) < 4.78 is 2.88. The molecule has 0 bridgehead atoms. The fourth-order valence-corrected chi connectivity index (χ4v) is 3.56. The number of rotatable bonds is 2. The summed E-state index contributed by atoms with van der Waals surface area (Å²) in [5.41, 5.74) is -0.161. The van der Waals surface area contributed by atoms with Crippen LogP contribution in [0.3, 0.4) is 0 Å². The van der Waals surface area contributed by atoms with Crippen LogP contribution in [0.5, 0.6) is 0 Å². The summed E-state index contributed by atoms with van der Waals surface area (Å²) >= 11 is 6.38. The number of para-hydroxylation sites is 1. The second kappa shape index (κ2) is 6.71. The number of halogens is 1. The Morgan fingerprint density at radius 1 is 1.18 bits per heavy atom. The Morgan fingerprint density at radius 3 is 2.50 bits per heavy atom. The van der Waals surface area contributed by atoms with E-state index in [1.54, 1.807) is 28.8 Å². The average molecular weight is 405 g/mol. The Kier molecular flexibility index (Phi) is 4.34. The van der Waals surface area contributed by atoms with Crippen LogP contribution in [0.4, 0.5) is 10.7 Å². The predicted molar refractivity (Wildman–Crippen MR) is 104 cm³/mol. The van der Waals surface area contributed by atoms with Gasteiger partial charge in [0.1, 0.15) is 0 Å². The van der Waals surface area contributed by atoms with E-state index in [9.17, 15) is 14.4 Å². The second-order valence-corrected chi connectivity index (χ2v) is 6.85. The molecule has 4 rings (SSSR count). The first-order chi connectivity index (χ1) is 13.4. The first-order valence-corrected chi connectivity index (χ1v) is 8.95. The summed E-state index contributed by atoms with van der Waals surface area (Å²) in [7, 11) is 1.52. The number of hydrogen-bond donors (Lipinski definition) is 2. The Hall–Kier alpha value is -3.27. The van der Waals surface area contributed by atoms with Crippen molar-refractivity contribution in [3.05, 3.63) is 50.1 Å². The number of nitrogens with one attached hydrogen (secondary N) is 1. The van der Waals surface area contributed by atoms with Crippen molar-refractivity contribution in [2.45, 2.75) is 0 Å². The molecule has 0 aliphatic carbocycles. The van der Waals surface area contributed by atoms with Gasteiger partial charge in [0.2, 0.25) is 5.95 Å². The zero-order chi connectivity index (χ0) is 20.0. The van der Waals surface area contributed by atoms with E-state index in [1.165, 1.54) is 16.5 Å². The molecule has 1 aromatic carbocycles. The third kappa shape index (κ3) is 2.82. The van der Waals surface area contributed by atoms with Crippen LogP contribution in [0.15, 0.2) is 33.9 Å². The van der Waals surface area contributed by atoms with Crippen LogP contribution in [-0.2, 0) is 7.05 Å². The van der Waals surface area contributed by atoms with Crippen LogP contribution < -0.4 is 16.1 Å². The fourth-order valence-electron chi connectivity index (χ4n) is 3.34. The van der Waals surface area contributed by atoms with Crippen LogP contribution >= 0.6 is 11.6 Å². The highest BCUT2D eigenvalue weighted by molar-refractivity contribution is 6.32. The van der Waals surface area contributed by atoms with E-state index < -0.39 is 17.3 Å². The van der Waals surface area contributed by atoms with Gasteiger partial charge in [-0.25, -0.2) is 9.59 Å². The molecule has 3 aromatic rings. The van der Waals surface area contributed by atoms with E-state index in [4.69, 9.17) is 16.7 Å². The Balaban J connectivity index is 1.95. The molecular weight excluding hydrogens is 388 g/mol. The van der Waals surface area contributed by atoms with Gasteiger partial charge in [-0.05, 0) is 12.1 Å². The van der Waals surface area contributed by atoms with Gasteiger partial charge < -0.3 is 14.9 Å². The first kappa shape index (κ1) is 18.1. The van der Waals surface area contributed by atoms with Crippen molar-refractivity contribution in [2.24, 2.45) is 7.05 Å². The standard InChI is InChI=1S/C17H17ClN6O4/c1-21-13-12(14(25)20-16(21)26)24(11-5-3-2-4-10(11)18)15(19-13)22-6-8-23(9-7-22)17(27)28/h2-5H,6-9H2,1H3,(H,27,28)(H,20,25,26). The molecule has 10 nitrogen and oxygen atoms in total. The fraction of sp³-hybridized carbons (Fsp3) is 0.294. The Bertz CT molecular complexity index is 1190. The van der Waals surface area contributed by atoms with Crippen molar-refractivity contribution in [2.75, 3.05) is 31.1 Å². The van der Waals surface area contributed by atoms with Crippen LogP contribution in [-0.4, -0.2) is 61.4 Å². The number of aromatic amines is 1. The summed E-state index contributed by atoms with van der Waals surface area (Å²) in [5.74, 6) is 0.430. The van der Waals surface area contributed by atoms with Crippen molar-refractivity contribution < 1.29 is 9.90 Å². The lowest BCUT2D eigenvalue weighted by Gasteiger charge is -2.34. The van der Waals surface area contributed by atoms with Crippen LogP contribution in [0.25, 0.3) is 16.9 Å². The molecule has 1 aliphatic rings. The van der Waals surface area contributed by atoms with E-state index in [0.29, 0.717) is 42.8 Å². The number of anilines is 1. The second-order valence-electron chi connectivity index (χ2n) is 6.45. The molecule has 1 aliphatic heterocycles. The van der Waals surface area contributed by atoms with Gasteiger partial charge in [0.25, 0.3) is 5.56 Å². The van der Waals surface area contributed by atoms with Gasteiger partial charge in [0, 0.05) is 33.2 Å². The lowest BCUT2D eigenvalue weighted by molar-refractivity contribution is 0.142. The topological polar surface area (TPSA) is 116 Å². The molecule has 1 fully saturated rings. The number of hydrogen-bond acceptors (Lipinski definition) is 5. The van der Waals surface area contributed by atoms with Gasteiger partial charge in [0.05, 0.1) is 10.7 Å². The third-order valence-electron chi connectivity index (χ3n) is 4.83. The van der Waals surface area contributed by atoms with Crippen LogP contribution in [0.2, 0.25) is 5.02 Å². The maximum atomic E-state index is 12.6. The number of benzene rings is 1. The van der Waals surface area contributed by atoms with E-state index in [-0.39, 0.29) is 11.2 Å². The molecule has 0 radical (unpaired) electrons. The average Bonchev–Trinajstić information content (AvgIpc) is 3.08. The highest BCUT2D eigenvalue weighted by Crippen LogP contribution is 2.29. The molecular formula is C17H17ClN6O4. The lowest BCUT2D eigenvalue weighted by atomic mass is 10.3. The maximum absolute atomic E-state index is 12.6. The number of amides is 1. The summed E-state index contributed by atoms with van der Waals surface area (Å²) in [6.07, 6.45) is -0.974. The molecule has 3 heterocycles. The van der Waals surface area contributed by atoms with Crippen molar-refractivity contribution in [3.8, 4) is 5.69 Å². The SMILES string of the molecule is Cn1c(=O)[nH]c(=O)c2c1nc(N1CCN(C(=O)O)CC1)n2-c1ccccc1Cl. The van der Waals surface area contributed by atoms with E-state index in [1.807, 2.05) is 4.90 Å². The quantitative estimate of drug-likeness (QED) is 0.654. The third-order valence-corrected chi connectivity index (χ3v) is 5.15. The van der Waals surface area contributed by atoms with Crippen molar-refractivity contribution >= 4 is 34.8 Å². The molecule has 0 atom stereocenters. The van der Waals surface area contributed by atoms with Gasteiger partial charge in [-0.2, -0.15) is 4.98 Å². The Morgan fingerprint density at radius 2 is 1.86 bits per heavy atom. The zero-order valence-electron chi connectivity index (χ0n) is 14.9. The number of imidazole rings is 1. The van der Waals surface area contributed by atoms with Gasteiger partial charge in [-0.15, -0.1) is 0 Å². The molecule has 1 saturated heterocycles. The molecule has 1 amide bonds. The highest BCUT2D eigenvalue weighted by atomic mass is 35.5. The number of fused-ring (bicyclic) bond motifs is 1. The number of nitrogens with zero attached hydrogens (tertiary/aromatic N) is 5. The predicted octanol–water partition coefficient (Wildman–Crippen LogP) is 0.866. The van der Waals surface area contributed by atoms with Gasteiger partial charge in [0.15, 0.2) is 11.2 Å². The minimum Gasteiger partial charge on any atom is -0.465 e. The number of carbonyl (C=O) groups is 1. The number of carboxylic acid groups (broad SMARTS) is 1. The van der Waals surface area contributed by atoms with E-state index in [0.717, 1.165) is 0 Å². The summed E-state index contributed by atoms with van der Waals surface area (Å²) in [4.78, 5) is 45.9. The van der Waals surface area contributed by atoms with E-state index in [2.05, 4.69) is 9.97 Å². The Labute approximate surface area is 163 Å². The monoisotopic (exact) mass is 404 g/mol. The molecule has 11 heteroatoms. The molecule has 0 unspecified atom stereocenters. The molecule has 2 aromatic heterocycles. The maximum Gasteiger partial charge on any atom is 0.407 e. The molecule has 0 spiro atoms. The van der Waals surface area contributed by atoms with Crippen molar-refractivity contribution in [1.29, 1.82) is 0 Å². The first-order valence-electron chi connectivity index (χ1n) is 8.58. The highest BCUT2D eigenvalue weighted by Gasteiger charge is 2.27. The molecule has 0 saturated carbocycles. The molecule has 28 heavy (non-hydrogen) atoms. The molecule has 2 N–H and O–H groups in total. The number of H-pyrrole nitrogens is 1. The van der Waals surface area contributed by atoms with Crippen LogP contribution in [0, 0.1) is 0 Å². The zero-order valence-corrected chi connectivity index (χ0v) is 15.7. The number of piperazine rings is 1. The summed E-state index contributed by atoms with van der Waals surface area (Å²) in [6, 6.07) is 7.02. The normalized spacial score (nSPS) is 14.6. The largest absolute Gasteiger partial charge is 0.465 e. The summed E-state index contributed by atoms with van der Waals surface area (Å²) in [6.45, 7) is 1.39. The van der Waals surface area contributed by atoms with Crippen molar-refractivity contribution in [3.63, 3.8) is 0 Å². The van der Waals surface area contributed by atoms with E-state index >= 15 is 0 Å². The van der Waals surface area contributed by atoms with Gasteiger partial charge in [-0.3, -0.25) is 18.9 Å². The smallest absolute Gasteiger partial charge is 0.407 e. The minimum atomic E-state index is -0.974. The minimum absolute atomic E-state index is 0.200. The van der Waals surface area contributed by atoms with Gasteiger partial charge in [-0.1, -0.05) is 23.7 Å². The number of aryl methyl sites for hydroxylation is 1. The molecule has 146 valence electrons. The van der Waals surface area contributed by atoms with Crippen LogP contribution in [0.1, 0.15) is 0 Å². The number of aromatic nitrogens is 4. The van der Waals surface area contributed by atoms with Gasteiger partial charge >= 0.3 is 11.8 Å². The van der Waals surface area contributed by atoms with Crippen molar-refractivity contribution in [1.82, 2.24) is 24.0 Å². The summed E-state index contributed by atoms with van der Waals surface area (Å²) in [5, 5.41) is 9.58.